The molecule has 0 spiro atoms. The van der Waals surface area contributed by atoms with Crippen molar-refractivity contribution in [1.29, 1.82) is 0 Å². The lowest BCUT2D eigenvalue weighted by Crippen LogP contribution is -2.22. The summed E-state index contributed by atoms with van der Waals surface area (Å²) in [4.78, 5) is 22.5. The Morgan fingerprint density at radius 2 is 1.97 bits per heavy atom. The molecule has 0 saturated carbocycles. The summed E-state index contributed by atoms with van der Waals surface area (Å²) in [5.41, 5.74) is 4.21. The lowest BCUT2D eigenvalue weighted by Gasteiger charge is -2.13. The van der Waals surface area contributed by atoms with Crippen LogP contribution in [0.3, 0.4) is 0 Å². The average molecular weight is 474 g/mol. The Labute approximate surface area is 202 Å². The van der Waals surface area contributed by atoms with Crippen LogP contribution in [0.5, 0.6) is 11.5 Å². The zero-order valence-corrected chi connectivity index (χ0v) is 20.1. The average Bonchev–Trinajstić information content (AvgIpc) is 2.89. The number of fused-ring (bicyclic) bond motifs is 1. The van der Waals surface area contributed by atoms with Crippen LogP contribution in [0.4, 0.5) is 11.4 Å². The molecular weight excluding hydrogens is 446 g/mol. The number of amides is 1. The van der Waals surface area contributed by atoms with Gasteiger partial charge in [-0.3, -0.25) is 9.78 Å². The molecule has 4 rings (SSSR count). The molecule has 2 aromatic carbocycles. The Kier molecular flexibility index (Phi) is 7.12. The third-order valence-electron chi connectivity index (χ3n) is 5.67. The van der Waals surface area contributed by atoms with E-state index in [4.69, 9.17) is 13.9 Å². The Hall–Kier alpha value is -4.17. The number of carbonyl (C=O) groups excluding carboxylic acids is 1. The largest absolute Gasteiger partial charge is 0.497 e. The maximum absolute atomic E-state index is 13.5. The molecule has 0 saturated heterocycles. The van der Waals surface area contributed by atoms with E-state index in [1.54, 1.807) is 44.5 Å². The first-order valence-corrected chi connectivity index (χ1v) is 11.2. The summed E-state index contributed by atoms with van der Waals surface area (Å²) in [5.74, 6) is 0.603. The lowest BCUT2D eigenvalue weighted by molar-refractivity contribution is 0.102. The van der Waals surface area contributed by atoms with Gasteiger partial charge in [-0.05, 0) is 49.2 Å². The number of aliphatic hydroxyl groups is 1. The van der Waals surface area contributed by atoms with Crippen molar-refractivity contribution in [3.05, 3.63) is 82.7 Å². The number of hydrogen-bond acceptors (Lipinski definition) is 7. The predicted molar refractivity (Wildman–Crippen MR) is 133 cm³/mol. The standard InChI is InChI=1S/C27H27N3O5/c1-5-17-7-6-8-19(11-17)29-27-22(13-21-18(15-31)14-28-16(2)25(21)35-27)26(32)30-23-10-9-20(33-3)12-24(23)34-4/h6-14,31H,5,15H2,1-4H3,(H,30,32). The summed E-state index contributed by atoms with van der Waals surface area (Å²) in [7, 11) is 3.07. The summed E-state index contributed by atoms with van der Waals surface area (Å²) >= 11 is 0. The van der Waals surface area contributed by atoms with Crippen molar-refractivity contribution >= 4 is 28.3 Å². The number of rotatable bonds is 7. The van der Waals surface area contributed by atoms with Gasteiger partial charge in [-0.1, -0.05) is 19.1 Å². The van der Waals surface area contributed by atoms with E-state index in [1.807, 2.05) is 24.3 Å². The number of carbonyl (C=O) groups is 1. The van der Waals surface area contributed by atoms with Crippen LogP contribution >= 0.6 is 0 Å². The van der Waals surface area contributed by atoms with Crippen LogP contribution in [0, 0.1) is 6.92 Å². The number of anilines is 1. The van der Waals surface area contributed by atoms with Gasteiger partial charge in [-0.2, -0.15) is 0 Å². The number of benzene rings is 2. The van der Waals surface area contributed by atoms with Crippen molar-refractivity contribution in [2.24, 2.45) is 4.99 Å². The molecule has 0 unspecified atom stereocenters. The first-order chi connectivity index (χ1) is 17.0. The first-order valence-electron chi connectivity index (χ1n) is 11.2. The van der Waals surface area contributed by atoms with Gasteiger partial charge in [0, 0.05) is 23.2 Å². The smallest absolute Gasteiger partial charge is 0.261 e. The van der Waals surface area contributed by atoms with E-state index < -0.39 is 5.91 Å². The molecule has 0 atom stereocenters. The molecule has 35 heavy (non-hydrogen) atoms. The summed E-state index contributed by atoms with van der Waals surface area (Å²) in [6.45, 7) is 3.62. The van der Waals surface area contributed by atoms with Crippen LogP contribution in [0.2, 0.25) is 0 Å². The molecule has 0 radical (unpaired) electrons. The Morgan fingerprint density at radius 1 is 1.14 bits per heavy atom. The van der Waals surface area contributed by atoms with Gasteiger partial charge in [0.1, 0.15) is 17.1 Å². The molecule has 180 valence electrons. The van der Waals surface area contributed by atoms with Crippen molar-refractivity contribution < 1.29 is 23.8 Å². The van der Waals surface area contributed by atoms with Crippen LogP contribution in [-0.2, 0) is 13.0 Å². The van der Waals surface area contributed by atoms with Crippen molar-refractivity contribution in [3.8, 4) is 11.5 Å². The highest BCUT2D eigenvalue weighted by atomic mass is 16.5. The number of aliphatic hydroxyl groups excluding tert-OH is 1. The number of aryl methyl sites for hydroxylation is 2. The van der Waals surface area contributed by atoms with Crippen molar-refractivity contribution in [2.75, 3.05) is 19.5 Å². The molecule has 4 aromatic rings. The van der Waals surface area contributed by atoms with Crippen molar-refractivity contribution in [2.45, 2.75) is 26.9 Å². The van der Waals surface area contributed by atoms with Gasteiger partial charge in [0.25, 0.3) is 5.91 Å². The topological polar surface area (TPSA) is 106 Å². The minimum Gasteiger partial charge on any atom is -0.497 e. The van der Waals surface area contributed by atoms with E-state index in [2.05, 4.69) is 22.2 Å². The van der Waals surface area contributed by atoms with E-state index in [0.717, 1.165) is 12.0 Å². The molecule has 0 aliphatic heterocycles. The zero-order valence-electron chi connectivity index (χ0n) is 20.1. The van der Waals surface area contributed by atoms with E-state index in [-0.39, 0.29) is 17.7 Å². The molecule has 0 bridgehead atoms. The SMILES string of the molecule is CCc1cccc(N=c2oc3c(C)ncc(CO)c3cc2C(=O)Nc2ccc(OC)cc2OC)c1. The van der Waals surface area contributed by atoms with E-state index in [0.29, 0.717) is 45.1 Å². The van der Waals surface area contributed by atoms with Crippen molar-refractivity contribution in [3.63, 3.8) is 0 Å². The number of aromatic nitrogens is 1. The number of ether oxygens (including phenoxy) is 2. The monoisotopic (exact) mass is 473 g/mol. The van der Waals surface area contributed by atoms with Gasteiger partial charge < -0.3 is 24.3 Å². The van der Waals surface area contributed by atoms with Crippen LogP contribution in [0.15, 0.2) is 64.1 Å². The second-order valence-electron chi connectivity index (χ2n) is 7.89. The van der Waals surface area contributed by atoms with E-state index in [1.165, 1.54) is 7.11 Å². The molecule has 8 heteroatoms. The number of methoxy groups -OCH3 is 2. The molecule has 1 amide bonds. The second kappa shape index (κ2) is 10.4. The number of hydrogen-bond donors (Lipinski definition) is 2. The first kappa shape index (κ1) is 24.0. The number of pyridine rings is 1. The number of nitrogens with one attached hydrogen (secondary N) is 1. The molecule has 8 nitrogen and oxygen atoms in total. The Bertz CT molecular complexity index is 1460. The van der Waals surface area contributed by atoms with Gasteiger partial charge in [0.2, 0.25) is 5.55 Å². The van der Waals surface area contributed by atoms with Crippen LogP contribution in [0.1, 0.15) is 34.1 Å². The summed E-state index contributed by atoms with van der Waals surface area (Å²) in [6, 6.07) is 14.5. The minimum absolute atomic E-state index is 0.135. The normalized spacial score (nSPS) is 11.5. The lowest BCUT2D eigenvalue weighted by atomic mass is 10.1. The van der Waals surface area contributed by atoms with Gasteiger partial charge in [-0.25, -0.2) is 4.99 Å². The third kappa shape index (κ3) is 5.02. The fourth-order valence-corrected chi connectivity index (χ4v) is 3.71. The summed E-state index contributed by atoms with van der Waals surface area (Å²) in [6.07, 6.45) is 2.43. The van der Waals surface area contributed by atoms with Gasteiger partial charge >= 0.3 is 0 Å². The quantitative estimate of drug-likeness (QED) is 0.403. The van der Waals surface area contributed by atoms with Crippen molar-refractivity contribution in [1.82, 2.24) is 4.98 Å². The minimum atomic E-state index is -0.442. The highest BCUT2D eigenvalue weighted by molar-refractivity contribution is 6.06. The second-order valence-corrected chi connectivity index (χ2v) is 7.89. The highest BCUT2D eigenvalue weighted by Crippen LogP contribution is 2.30. The molecular formula is C27H27N3O5. The maximum Gasteiger partial charge on any atom is 0.261 e. The zero-order chi connectivity index (χ0) is 24.9. The van der Waals surface area contributed by atoms with Gasteiger partial charge in [0.05, 0.1) is 37.9 Å². The van der Waals surface area contributed by atoms with Crippen LogP contribution in [0.25, 0.3) is 11.0 Å². The third-order valence-corrected chi connectivity index (χ3v) is 5.67. The van der Waals surface area contributed by atoms with Crippen LogP contribution in [-0.4, -0.2) is 30.2 Å². The van der Waals surface area contributed by atoms with E-state index in [9.17, 15) is 9.90 Å². The van der Waals surface area contributed by atoms with E-state index >= 15 is 0 Å². The fraction of sp³-hybridized carbons (Fsp3) is 0.222. The van der Waals surface area contributed by atoms with Gasteiger partial charge in [-0.15, -0.1) is 0 Å². The van der Waals surface area contributed by atoms with Crippen LogP contribution < -0.4 is 20.3 Å². The molecule has 2 N–H and O–H groups in total. The Balaban J connectivity index is 1.90. The molecule has 2 aromatic heterocycles. The maximum atomic E-state index is 13.5. The summed E-state index contributed by atoms with van der Waals surface area (Å²) in [5, 5.41) is 13.3. The molecule has 0 aliphatic carbocycles. The molecule has 0 fully saturated rings. The number of nitrogens with zero attached hydrogens (tertiary/aromatic N) is 2. The van der Waals surface area contributed by atoms with Gasteiger partial charge in [0.15, 0.2) is 5.58 Å². The molecule has 2 heterocycles. The summed E-state index contributed by atoms with van der Waals surface area (Å²) < 4.78 is 16.8. The molecule has 0 aliphatic rings. The predicted octanol–water partition coefficient (Wildman–Crippen LogP) is 4.69. The highest BCUT2D eigenvalue weighted by Gasteiger charge is 2.18. The fourth-order valence-electron chi connectivity index (χ4n) is 3.71. The Morgan fingerprint density at radius 3 is 2.69 bits per heavy atom.